The largest absolute Gasteiger partial charge is 0.465 e. The zero-order chi connectivity index (χ0) is 37.8. The molecule has 13 nitrogen and oxygen atoms in total. The van der Waals surface area contributed by atoms with Gasteiger partial charge in [-0.05, 0) is 101 Å². The van der Waals surface area contributed by atoms with Crippen LogP contribution >= 0.6 is 0 Å². The highest BCUT2D eigenvalue weighted by atomic mass is 16.7. The van der Waals surface area contributed by atoms with Crippen LogP contribution in [0.15, 0.2) is 0 Å². The molecule has 0 aromatic heterocycles. The lowest BCUT2D eigenvalue weighted by Crippen LogP contribution is -2.66. The fraction of sp³-hybridized carbons (Fsp3) is 0.854. The van der Waals surface area contributed by atoms with Gasteiger partial charge in [0.1, 0.15) is 5.60 Å². The lowest BCUT2D eigenvalue weighted by Gasteiger charge is -2.63. The van der Waals surface area contributed by atoms with Gasteiger partial charge < -0.3 is 33.2 Å². The summed E-state index contributed by atoms with van der Waals surface area (Å²) in [7, 11) is 0. The molecule has 0 amide bonds. The highest BCUT2D eigenvalue weighted by Gasteiger charge is 2.72. The van der Waals surface area contributed by atoms with E-state index in [1.807, 2.05) is 0 Å². The molecule has 6 aliphatic carbocycles. The average Bonchev–Trinajstić information content (AvgIpc) is 3.85. The van der Waals surface area contributed by atoms with Crippen molar-refractivity contribution in [3.05, 3.63) is 0 Å². The SMILES string of the molecule is CC1C(=O)OC(=O)C1C(C)(CC1C(C)C2CC1C1COC(=O)C21)C(=O)OC12CC3CC(C(=O)OC4CCCCO4)(C1)CC(C(=O)OC1CCCCO1)(C3)C2. The molecule has 10 aliphatic rings. The quantitative estimate of drug-likeness (QED) is 0.179. The molecule has 0 aromatic carbocycles. The predicted molar refractivity (Wildman–Crippen MR) is 183 cm³/mol. The molecule has 10 rings (SSSR count). The fourth-order valence-corrected chi connectivity index (χ4v) is 13.7. The molecule has 296 valence electrons. The second kappa shape index (κ2) is 13.0. The van der Waals surface area contributed by atoms with Crippen LogP contribution in [0.3, 0.4) is 0 Å². The highest BCUT2D eigenvalue weighted by molar-refractivity contribution is 5.99. The smallest absolute Gasteiger partial charge is 0.318 e. The van der Waals surface area contributed by atoms with Gasteiger partial charge >= 0.3 is 35.8 Å². The number of ether oxygens (including phenoxy) is 7. The Balaban J connectivity index is 1.04. The van der Waals surface area contributed by atoms with Crippen molar-refractivity contribution in [3.8, 4) is 0 Å². The zero-order valence-electron chi connectivity index (χ0n) is 31.7. The summed E-state index contributed by atoms with van der Waals surface area (Å²) in [6, 6.07) is 0. The summed E-state index contributed by atoms with van der Waals surface area (Å²) in [4.78, 5) is 83.1. The first-order valence-electron chi connectivity index (χ1n) is 20.6. The number of carbonyl (C=O) groups excluding carboxylic acids is 6. The van der Waals surface area contributed by atoms with Gasteiger partial charge in [0.05, 0.1) is 53.8 Å². The minimum atomic E-state index is -1.47. The lowest BCUT2D eigenvalue weighted by molar-refractivity contribution is -0.255. The summed E-state index contributed by atoms with van der Waals surface area (Å²) in [5.41, 5.74) is -4.91. The van der Waals surface area contributed by atoms with Gasteiger partial charge in [-0.25, -0.2) is 0 Å². The van der Waals surface area contributed by atoms with E-state index < -0.39 is 76.1 Å². The average molecular weight is 755 g/mol. The van der Waals surface area contributed by atoms with Crippen LogP contribution in [0.1, 0.15) is 111 Å². The van der Waals surface area contributed by atoms with Gasteiger partial charge in [0.2, 0.25) is 12.6 Å². The molecule has 4 aliphatic heterocycles. The van der Waals surface area contributed by atoms with Crippen LogP contribution in [0, 0.1) is 69.5 Å². The number of esters is 6. The van der Waals surface area contributed by atoms with Gasteiger partial charge in [-0.15, -0.1) is 0 Å². The van der Waals surface area contributed by atoms with Crippen LogP contribution < -0.4 is 0 Å². The van der Waals surface area contributed by atoms with E-state index in [0.717, 1.165) is 32.1 Å². The third kappa shape index (κ3) is 5.66. The van der Waals surface area contributed by atoms with Crippen LogP contribution in [0.2, 0.25) is 0 Å². The first-order valence-corrected chi connectivity index (χ1v) is 20.6. The zero-order valence-corrected chi connectivity index (χ0v) is 31.7. The van der Waals surface area contributed by atoms with E-state index in [0.29, 0.717) is 51.9 Å². The maximum atomic E-state index is 15.2. The van der Waals surface area contributed by atoms with E-state index in [9.17, 15) is 24.0 Å². The van der Waals surface area contributed by atoms with Crippen molar-refractivity contribution < 1.29 is 61.9 Å². The van der Waals surface area contributed by atoms with E-state index in [1.165, 1.54) is 0 Å². The fourth-order valence-electron chi connectivity index (χ4n) is 13.7. The van der Waals surface area contributed by atoms with Gasteiger partial charge in [0.25, 0.3) is 0 Å². The van der Waals surface area contributed by atoms with E-state index in [-0.39, 0.29) is 73.1 Å². The number of rotatable bonds is 9. The maximum Gasteiger partial charge on any atom is 0.318 e. The Kier molecular flexibility index (Phi) is 8.80. The highest BCUT2D eigenvalue weighted by Crippen LogP contribution is 2.69. The Morgan fingerprint density at radius 2 is 1.41 bits per heavy atom. The molecule has 10 fully saturated rings. The molecule has 0 radical (unpaired) electrons. The summed E-state index contributed by atoms with van der Waals surface area (Å²) in [6.07, 6.45) is 6.51. The summed E-state index contributed by atoms with van der Waals surface area (Å²) in [5.74, 6) is -4.95. The lowest BCUT2D eigenvalue weighted by atomic mass is 9.42. The standard InChI is InChI=1S/C41H54O13/c1-21-24-12-25(27-17-50-33(43)30(24)27)26(21)16-38(3,31-22(2)32(42)53-34(31)44)35(45)54-41-15-23-13-39(19-41,36(46)51-28-8-4-6-10-48-28)18-40(14-23,20-41)37(47)52-29-9-5-7-11-49-29/h21-31H,4-20H2,1-3H3. The molecule has 0 spiro atoms. The van der Waals surface area contributed by atoms with Crippen LogP contribution in [0.4, 0.5) is 0 Å². The Labute approximate surface area is 315 Å². The molecule has 6 saturated carbocycles. The van der Waals surface area contributed by atoms with Crippen LogP contribution in [-0.4, -0.2) is 73.8 Å². The van der Waals surface area contributed by atoms with Crippen molar-refractivity contribution >= 4 is 35.8 Å². The Hall–Kier alpha value is -3.06. The molecule has 0 N–H and O–H groups in total. The molecule has 54 heavy (non-hydrogen) atoms. The summed E-state index contributed by atoms with van der Waals surface area (Å²) in [5, 5.41) is 0. The van der Waals surface area contributed by atoms with Crippen molar-refractivity contribution in [3.63, 3.8) is 0 Å². The molecular weight excluding hydrogens is 700 g/mol. The van der Waals surface area contributed by atoms with Crippen molar-refractivity contribution in [2.75, 3.05) is 19.8 Å². The molecule has 6 bridgehead atoms. The summed E-state index contributed by atoms with van der Waals surface area (Å²) >= 11 is 0. The van der Waals surface area contributed by atoms with Gasteiger partial charge in [0.15, 0.2) is 0 Å². The van der Waals surface area contributed by atoms with E-state index in [1.54, 1.807) is 13.8 Å². The van der Waals surface area contributed by atoms with E-state index in [4.69, 9.17) is 33.2 Å². The minimum absolute atomic E-state index is 0.0241. The topological polar surface area (TPSA) is 167 Å². The third-order valence-corrected chi connectivity index (χ3v) is 15.7. The number of hydrogen-bond donors (Lipinski definition) is 0. The molecule has 13 atom stereocenters. The van der Waals surface area contributed by atoms with Crippen LogP contribution in [-0.2, 0) is 61.9 Å². The first-order chi connectivity index (χ1) is 25.8. The third-order valence-electron chi connectivity index (χ3n) is 15.7. The van der Waals surface area contributed by atoms with Crippen molar-refractivity contribution in [1.82, 2.24) is 0 Å². The van der Waals surface area contributed by atoms with Crippen LogP contribution in [0.25, 0.3) is 0 Å². The van der Waals surface area contributed by atoms with Crippen molar-refractivity contribution in [2.45, 2.75) is 129 Å². The van der Waals surface area contributed by atoms with Gasteiger partial charge in [-0.2, -0.15) is 0 Å². The first kappa shape index (κ1) is 36.6. The van der Waals surface area contributed by atoms with Crippen molar-refractivity contribution in [1.29, 1.82) is 0 Å². The summed E-state index contributed by atoms with van der Waals surface area (Å²) in [6.45, 7) is 6.81. The molecule has 13 unspecified atom stereocenters. The molecule has 4 saturated heterocycles. The van der Waals surface area contributed by atoms with Crippen LogP contribution in [0.5, 0.6) is 0 Å². The normalized spacial score (nSPS) is 47.1. The second-order valence-corrected chi connectivity index (χ2v) is 19.1. The van der Waals surface area contributed by atoms with Gasteiger partial charge in [-0.1, -0.05) is 13.8 Å². The Morgan fingerprint density at radius 1 is 0.778 bits per heavy atom. The van der Waals surface area contributed by atoms with Crippen molar-refractivity contribution in [2.24, 2.45) is 69.5 Å². The monoisotopic (exact) mass is 754 g/mol. The Bertz CT molecular complexity index is 1560. The number of hydrogen-bond acceptors (Lipinski definition) is 13. The van der Waals surface area contributed by atoms with Gasteiger partial charge in [0, 0.05) is 31.6 Å². The number of fused-ring (bicyclic) bond motifs is 5. The molecular formula is C41H54O13. The van der Waals surface area contributed by atoms with E-state index in [2.05, 4.69) is 6.92 Å². The van der Waals surface area contributed by atoms with E-state index >= 15 is 4.79 Å². The summed E-state index contributed by atoms with van der Waals surface area (Å²) < 4.78 is 41.1. The van der Waals surface area contributed by atoms with Gasteiger partial charge in [-0.3, -0.25) is 28.8 Å². The molecule has 0 aromatic rings. The molecule has 13 heteroatoms. The number of cyclic esters (lactones) is 3. The predicted octanol–water partition coefficient (Wildman–Crippen LogP) is 4.80. The Morgan fingerprint density at radius 3 is 1.96 bits per heavy atom. The minimum Gasteiger partial charge on any atom is -0.465 e. The second-order valence-electron chi connectivity index (χ2n) is 19.1. The number of carbonyl (C=O) groups is 6. The molecule has 4 heterocycles. The maximum absolute atomic E-state index is 15.2.